The van der Waals surface area contributed by atoms with Crippen LogP contribution >= 0.6 is 11.6 Å². The van der Waals surface area contributed by atoms with Crippen molar-refractivity contribution in [3.63, 3.8) is 0 Å². The summed E-state index contributed by atoms with van der Waals surface area (Å²) in [6, 6.07) is 6.51. The molecule has 3 N–H and O–H groups in total. The molecule has 2 fully saturated rings. The Morgan fingerprint density at radius 2 is 1.81 bits per heavy atom. The summed E-state index contributed by atoms with van der Waals surface area (Å²) in [5.41, 5.74) is 1.31. The third kappa shape index (κ3) is 5.62. The number of amides is 3. The second kappa shape index (κ2) is 9.93. The highest BCUT2D eigenvalue weighted by Gasteiger charge is 2.20. The molecule has 10 heteroatoms. The molecular formula is C21H25ClN6O3. The molecule has 1 aromatic carbocycles. The van der Waals surface area contributed by atoms with Crippen molar-refractivity contribution in [3.05, 3.63) is 41.2 Å². The van der Waals surface area contributed by atoms with Gasteiger partial charge in [-0.15, -0.1) is 0 Å². The first-order chi connectivity index (χ1) is 15.1. The van der Waals surface area contributed by atoms with E-state index in [0.29, 0.717) is 23.9 Å². The number of halogens is 1. The average Bonchev–Trinajstić information content (AvgIpc) is 3.48. The molecule has 0 saturated carbocycles. The molecule has 9 nitrogen and oxygen atoms in total. The fraction of sp³-hybridized carbons (Fsp3) is 0.429. The molecule has 2 aliphatic rings. The van der Waals surface area contributed by atoms with Crippen molar-refractivity contribution in [1.29, 1.82) is 0 Å². The number of nitrogens with one attached hydrogen (secondary N) is 3. The van der Waals surface area contributed by atoms with Gasteiger partial charge in [0.2, 0.25) is 5.95 Å². The van der Waals surface area contributed by atoms with Gasteiger partial charge >= 0.3 is 6.03 Å². The third-order valence-corrected chi connectivity index (χ3v) is 5.53. The van der Waals surface area contributed by atoms with E-state index >= 15 is 0 Å². The van der Waals surface area contributed by atoms with Crippen LogP contribution in [0.3, 0.4) is 0 Å². The minimum Gasteiger partial charge on any atom is -0.376 e. The van der Waals surface area contributed by atoms with Crippen LogP contribution in [0.1, 0.15) is 36.2 Å². The van der Waals surface area contributed by atoms with Crippen molar-refractivity contribution in [2.45, 2.75) is 31.8 Å². The van der Waals surface area contributed by atoms with Crippen LogP contribution in [-0.4, -0.2) is 54.3 Å². The van der Waals surface area contributed by atoms with E-state index in [4.69, 9.17) is 16.3 Å². The molecule has 0 aliphatic carbocycles. The smallest absolute Gasteiger partial charge is 0.319 e. The summed E-state index contributed by atoms with van der Waals surface area (Å²) in [6.45, 7) is 2.98. The standard InChI is InChI=1S/C21H25ClN6O3/c22-17-13-23-20(28-9-1-2-10-28)27-18(17)19(29)25-14-5-7-15(8-6-14)26-21(30)24-12-16-4-3-11-31-16/h5-8,13,16H,1-4,9-12H2,(H,25,29)(H2,24,26,30). The molecule has 2 aromatic rings. The molecule has 164 valence electrons. The zero-order valence-corrected chi connectivity index (χ0v) is 17.8. The molecule has 0 spiro atoms. The van der Waals surface area contributed by atoms with E-state index in [0.717, 1.165) is 45.4 Å². The predicted molar refractivity (Wildman–Crippen MR) is 119 cm³/mol. The van der Waals surface area contributed by atoms with E-state index in [9.17, 15) is 9.59 Å². The van der Waals surface area contributed by atoms with Gasteiger partial charge in [0, 0.05) is 37.6 Å². The zero-order valence-electron chi connectivity index (χ0n) is 17.1. The highest BCUT2D eigenvalue weighted by molar-refractivity contribution is 6.34. The monoisotopic (exact) mass is 444 g/mol. The summed E-state index contributed by atoms with van der Waals surface area (Å²) in [5.74, 6) is 0.100. The Labute approximate surface area is 185 Å². The first kappa shape index (κ1) is 21.3. The van der Waals surface area contributed by atoms with E-state index in [1.165, 1.54) is 6.20 Å². The third-order valence-electron chi connectivity index (χ3n) is 5.25. The van der Waals surface area contributed by atoms with Gasteiger partial charge in [0.1, 0.15) is 0 Å². The van der Waals surface area contributed by atoms with E-state index in [-0.39, 0.29) is 22.9 Å². The predicted octanol–water partition coefficient (Wildman–Crippen LogP) is 3.28. The fourth-order valence-corrected chi connectivity index (χ4v) is 3.78. The maximum Gasteiger partial charge on any atom is 0.319 e. The van der Waals surface area contributed by atoms with Crippen LogP contribution in [0.15, 0.2) is 30.5 Å². The van der Waals surface area contributed by atoms with Crippen molar-refractivity contribution < 1.29 is 14.3 Å². The summed E-state index contributed by atoms with van der Waals surface area (Å²) < 4.78 is 5.48. The topological polar surface area (TPSA) is 108 Å². The molecule has 1 unspecified atom stereocenters. The lowest BCUT2D eigenvalue weighted by Crippen LogP contribution is -2.35. The van der Waals surface area contributed by atoms with E-state index in [1.807, 2.05) is 4.90 Å². The van der Waals surface area contributed by atoms with Crippen LogP contribution in [0.4, 0.5) is 22.1 Å². The van der Waals surface area contributed by atoms with Gasteiger partial charge in [0.15, 0.2) is 5.69 Å². The minimum atomic E-state index is -0.414. The van der Waals surface area contributed by atoms with Crippen molar-refractivity contribution in [2.24, 2.45) is 0 Å². The van der Waals surface area contributed by atoms with Gasteiger partial charge in [0.05, 0.1) is 17.3 Å². The number of nitrogens with zero attached hydrogens (tertiary/aromatic N) is 3. The molecular weight excluding hydrogens is 420 g/mol. The van der Waals surface area contributed by atoms with E-state index in [2.05, 4.69) is 25.9 Å². The Bertz CT molecular complexity index is 927. The Morgan fingerprint density at radius 1 is 1.10 bits per heavy atom. The fourth-order valence-electron chi connectivity index (χ4n) is 3.60. The maximum atomic E-state index is 12.7. The summed E-state index contributed by atoms with van der Waals surface area (Å²) >= 11 is 6.16. The molecule has 1 aromatic heterocycles. The molecule has 3 amide bonds. The number of hydrogen-bond donors (Lipinski definition) is 3. The van der Waals surface area contributed by atoms with Crippen molar-refractivity contribution in [3.8, 4) is 0 Å². The van der Waals surface area contributed by atoms with E-state index < -0.39 is 5.91 Å². The number of carbonyl (C=O) groups is 2. The van der Waals surface area contributed by atoms with Gasteiger partial charge in [0.25, 0.3) is 5.91 Å². The number of hydrogen-bond acceptors (Lipinski definition) is 6. The molecule has 0 radical (unpaired) electrons. The SMILES string of the molecule is O=C(NCC1CCCO1)Nc1ccc(NC(=O)c2nc(N3CCCC3)ncc2Cl)cc1. The van der Waals surface area contributed by atoms with Crippen molar-refractivity contribution in [2.75, 3.05) is 41.8 Å². The van der Waals surface area contributed by atoms with Crippen molar-refractivity contribution >= 4 is 40.9 Å². The van der Waals surface area contributed by atoms with Gasteiger partial charge in [-0.1, -0.05) is 11.6 Å². The highest BCUT2D eigenvalue weighted by Crippen LogP contribution is 2.21. The normalized spacial score (nSPS) is 18.1. The van der Waals surface area contributed by atoms with Gasteiger partial charge in [-0.2, -0.15) is 0 Å². The highest BCUT2D eigenvalue weighted by atomic mass is 35.5. The van der Waals surface area contributed by atoms with Crippen molar-refractivity contribution in [1.82, 2.24) is 15.3 Å². The van der Waals surface area contributed by atoms with Gasteiger partial charge < -0.3 is 25.6 Å². The molecule has 3 heterocycles. The van der Waals surface area contributed by atoms with Crippen LogP contribution in [0.25, 0.3) is 0 Å². The molecule has 4 rings (SSSR count). The largest absolute Gasteiger partial charge is 0.376 e. The van der Waals surface area contributed by atoms with Gasteiger partial charge in [-0.25, -0.2) is 14.8 Å². The molecule has 1 atom stereocenters. The first-order valence-corrected chi connectivity index (χ1v) is 10.8. The van der Waals surface area contributed by atoms with Gasteiger partial charge in [-0.05, 0) is 49.9 Å². The van der Waals surface area contributed by atoms with Crippen LogP contribution < -0.4 is 20.9 Å². The van der Waals surface area contributed by atoms with Crippen LogP contribution in [-0.2, 0) is 4.74 Å². The Hall–Kier alpha value is -2.91. The number of carbonyl (C=O) groups excluding carboxylic acids is 2. The molecule has 31 heavy (non-hydrogen) atoms. The summed E-state index contributed by atoms with van der Waals surface area (Å²) in [5, 5.41) is 8.54. The molecule has 0 bridgehead atoms. The average molecular weight is 445 g/mol. The maximum absolute atomic E-state index is 12.7. The zero-order chi connectivity index (χ0) is 21.6. The summed E-state index contributed by atoms with van der Waals surface area (Å²) in [7, 11) is 0. The van der Waals surface area contributed by atoms with Crippen LogP contribution in [0.5, 0.6) is 0 Å². The molecule has 2 aliphatic heterocycles. The quantitative estimate of drug-likeness (QED) is 0.631. The number of ether oxygens (including phenoxy) is 1. The Morgan fingerprint density at radius 3 is 2.48 bits per heavy atom. The van der Waals surface area contributed by atoms with E-state index in [1.54, 1.807) is 24.3 Å². The summed E-state index contributed by atoms with van der Waals surface area (Å²) in [4.78, 5) is 35.3. The second-order valence-corrected chi connectivity index (χ2v) is 7.97. The number of urea groups is 1. The Kier molecular flexibility index (Phi) is 6.83. The van der Waals surface area contributed by atoms with Gasteiger partial charge in [-0.3, -0.25) is 4.79 Å². The first-order valence-electron chi connectivity index (χ1n) is 10.4. The Balaban J connectivity index is 1.32. The second-order valence-electron chi connectivity index (χ2n) is 7.56. The number of anilines is 3. The lowest BCUT2D eigenvalue weighted by Gasteiger charge is -2.16. The minimum absolute atomic E-state index is 0.0861. The number of benzene rings is 1. The van der Waals surface area contributed by atoms with Crippen LogP contribution in [0, 0.1) is 0 Å². The summed E-state index contributed by atoms with van der Waals surface area (Å²) in [6.07, 6.45) is 5.70. The number of aromatic nitrogens is 2. The lowest BCUT2D eigenvalue weighted by molar-refractivity contribution is 0.102. The lowest BCUT2D eigenvalue weighted by atomic mass is 10.2. The number of rotatable bonds is 6. The van der Waals surface area contributed by atoms with Crippen LogP contribution in [0.2, 0.25) is 5.02 Å². The molecule has 2 saturated heterocycles.